The molecule has 0 fully saturated rings. The van der Waals surface area contributed by atoms with Crippen LogP contribution >= 0.6 is 0 Å². The minimum absolute atomic E-state index is 0.0633. The molecule has 0 aliphatic heterocycles. The van der Waals surface area contributed by atoms with Crippen LogP contribution in [-0.4, -0.2) is 37.2 Å². The van der Waals surface area contributed by atoms with Gasteiger partial charge in [-0.3, -0.25) is 14.4 Å². The van der Waals surface area contributed by atoms with Gasteiger partial charge in [0.05, 0.1) is 0 Å². The number of unbranched alkanes of at least 4 members (excludes halogenated alkanes) is 30. The fourth-order valence-electron chi connectivity index (χ4n) is 6.68. The molecule has 1 atom stereocenters. The van der Waals surface area contributed by atoms with Crippen LogP contribution in [0.15, 0.2) is 0 Å². The first-order chi connectivity index (χ1) is 25.0. The maximum Gasteiger partial charge on any atom is 0.306 e. The highest BCUT2D eigenvalue weighted by molar-refractivity contribution is 5.71. The van der Waals surface area contributed by atoms with E-state index in [0.29, 0.717) is 19.3 Å². The number of esters is 3. The summed E-state index contributed by atoms with van der Waals surface area (Å²) in [7, 11) is 0. The maximum absolute atomic E-state index is 12.6. The van der Waals surface area contributed by atoms with E-state index in [-0.39, 0.29) is 31.1 Å². The van der Waals surface area contributed by atoms with Gasteiger partial charge < -0.3 is 14.2 Å². The average molecular weight is 723 g/mol. The second-order valence-electron chi connectivity index (χ2n) is 15.3. The Balaban J connectivity index is 4.21. The lowest BCUT2D eigenvalue weighted by atomic mass is 10.0. The third-order valence-electron chi connectivity index (χ3n) is 10.1. The second kappa shape index (κ2) is 41.2. The first-order valence-corrected chi connectivity index (χ1v) is 22.5. The molecule has 0 aromatic carbocycles. The Bertz CT molecular complexity index is 753. The molecule has 0 aromatic heterocycles. The topological polar surface area (TPSA) is 78.9 Å². The molecular weight excluding hydrogens is 636 g/mol. The molecule has 0 bridgehead atoms. The molecule has 51 heavy (non-hydrogen) atoms. The van der Waals surface area contributed by atoms with Crippen molar-refractivity contribution in [1.29, 1.82) is 0 Å². The molecule has 0 radical (unpaired) electrons. The summed E-state index contributed by atoms with van der Waals surface area (Å²) in [4.78, 5) is 37.5. The lowest BCUT2D eigenvalue weighted by Crippen LogP contribution is -2.30. The summed E-state index contributed by atoms with van der Waals surface area (Å²) in [6, 6.07) is 0. The fourth-order valence-corrected chi connectivity index (χ4v) is 6.68. The van der Waals surface area contributed by atoms with E-state index < -0.39 is 6.10 Å². The van der Waals surface area contributed by atoms with Crippen LogP contribution in [0, 0.1) is 0 Å². The highest BCUT2D eigenvalue weighted by atomic mass is 16.6. The summed E-state index contributed by atoms with van der Waals surface area (Å²) in [5, 5.41) is 0. The SMILES string of the molecule is CCCCCCCCCCCCCCCCCCC(=O)OC[C@@H](COC(=O)CCCCCCCCC)OC(=O)CCCCCCCCCCCC. The molecule has 0 rings (SSSR count). The van der Waals surface area contributed by atoms with Gasteiger partial charge in [0, 0.05) is 19.3 Å². The van der Waals surface area contributed by atoms with Crippen molar-refractivity contribution < 1.29 is 28.6 Å². The molecular formula is C45H86O6. The Morgan fingerprint density at radius 2 is 0.529 bits per heavy atom. The normalized spacial score (nSPS) is 11.8. The van der Waals surface area contributed by atoms with E-state index in [4.69, 9.17) is 14.2 Å². The maximum atomic E-state index is 12.6. The van der Waals surface area contributed by atoms with E-state index in [1.54, 1.807) is 0 Å². The predicted molar refractivity (Wildman–Crippen MR) is 215 cm³/mol. The Hall–Kier alpha value is -1.59. The average Bonchev–Trinajstić information content (AvgIpc) is 3.12. The third-order valence-corrected chi connectivity index (χ3v) is 10.1. The smallest absolute Gasteiger partial charge is 0.306 e. The van der Waals surface area contributed by atoms with Gasteiger partial charge in [-0.15, -0.1) is 0 Å². The van der Waals surface area contributed by atoms with Crippen LogP contribution < -0.4 is 0 Å². The molecule has 0 unspecified atom stereocenters. The molecule has 0 saturated carbocycles. The highest BCUT2D eigenvalue weighted by Gasteiger charge is 2.19. The van der Waals surface area contributed by atoms with Gasteiger partial charge in [-0.1, -0.05) is 213 Å². The van der Waals surface area contributed by atoms with Crippen LogP contribution in [0.2, 0.25) is 0 Å². The molecule has 6 heteroatoms. The van der Waals surface area contributed by atoms with Crippen molar-refractivity contribution >= 4 is 17.9 Å². The number of rotatable bonds is 41. The third kappa shape index (κ3) is 39.5. The van der Waals surface area contributed by atoms with Crippen LogP contribution in [0.4, 0.5) is 0 Å². The standard InChI is InChI=1S/C45H86O6/c1-4-7-10-13-16-18-20-21-22-23-24-25-27-29-32-35-38-44(47)50-41-42(40-49-43(46)37-34-31-28-15-12-9-6-3)51-45(48)39-36-33-30-26-19-17-14-11-8-5-2/h42H,4-41H2,1-3H3/t42-/m1/s1. The van der Waals surface area contributed by atoms with Gasteiger partial charge in [-0.25, -0.2) is 0 Å². The zero-order chi connectivity index (χ0) is 37.3. The van der Waals surface area contributed by atoms with Gasteiger partial charge >= 0.3 is 17.9 Å². The first-order valence-electron chi connectivity index (χ1n) is 22.5. The minimum atomic E-state index is -0.756. The molecule has 0 aromatic rings. The van der Waals surface area contributed by atoms with Gasteiger partial charge in [0.2, 0.25) is 0 Å². The van der Waals surface area contributed by atoms with Gasteiger partial charge in [-0.05, 0) is 19.3 Å². The molecule has 302 valence electrons. The molecule has 0 saturated heterocycles. The monoisotopic (exact) mass is 723 g/mol. The van der Waals surface area contributed by atoms with Crippen LogP contribution in [0.3, 0.4) is 0 Å². The summed E-state index contributed by atoms with van der Waals surface area (Å²) >= 11 is 0. The van der Waals surface area contributed by atoms with Crippen LogP contribution in [0.25, 0.3) is 0 Å². The number of hydrogen-bond donors (Lipinski definition) is 0. The molecule has 0 aliphatic carbocycles. The van der Waals surface area contributed by atoms with Crippen LogP contribution in [0.1, 0.15) is 252 Å². The quantitative estimate of drug-likeness (QED) is 0.0355. The van der Waals surface area contributed by atoms with Crippen LogP contribution in [-0.2, 0) is 28.6 Å². The molecule has 0 amide bonds. The summed E-state index contributed by atoms with van der Waals surface area (Å²) in [6.45, 7) is 6.60. The number of carbonyl (C=O) groups excluding carboxylic acids is 3. The van der Waals surface area contributed by atoms with Crippen molar-refractivity contribution in [3.63, 3.8) is 0 Å². The molecule has 6 nitrogen and oxygen atoms in total. The van der Waals surface area contributed by atoms with Gasteiger partial charge in [-0.2, -0.15) is 0 Å². The van der Waals surface area contributed by atoms with Gasteiger partial charge in [0.1, 0.15) is 13.2 Å². The van der Waals surface area contributed by atoms with Crippen molar-refractivity contribution in [1.82, 2.24) is 0 Å². The Morgan fingerprint density at radius 3 is 0.784 bits per heavy atom. The van der Waals surface area contributed by atoms with E-state index in [2.05, 4.69) is 20.8 Å². The summed E-state index contributed by atoms with van der Waals surface area (Å²) in [5.74, 6) is -0.860. The predicted octanol–water partition coefficient (Wildman–Crippen LogP) is 14.1. The highest BCUT2D eigenvalue weighted by Crippen LogP contribution is 2.16. The van der Waals surface area contributed by atoms with Gasteiger partial charge in [0.25, 0.3) is 0 Å². The largest absolute Gasteiger partial charge is 0.462 e. The lowest BCUT2D eigenvalue weighted by molar-refractivity contribution is -0.167. The van der Waals surface area contributed by atoms with E-state index in [1.807, 2.05) is 0 Å². The second-order valence-corrected chi connectivity index (χ2v) is 15.3. The number of carbonyl (C=O) groups is 3. The van der Waals surface area contributed by atoms with Crippen molar-refractivity contribution in [2.75, 3.05) is 13.2 Å². The Kier molecular flexibility index (Phi) is 39.9. The van der Waals surface area contributed by atoms with E-state index >= 15 is 0 Å². The van der Waals surface area contributed by atoms with Crippen molar-refractivity contribution in [2.24, 2.45) is 0 Å². The van der Waals surface area contributed by atoms with Crippen molar-refractivity contribution in [3.05, 3.63) is 0 Å². The molecule has 0 heterocycles. The minimum Gasteiger partial charge on any atom is -0.462 e. The van der Waals surface area contributed by atoms with E-state index in [0.717, 1.165) is 57.8 Å². The van der Waals surface area contributed by atoms with E-state index in [1.165, 1.54) is 154 Å². The van der Waals surface area contributed by atoms with Crippen molar-refractivity contribution in [3.8, 4) is 0 Å². The molecule has 0 aliphatic rings. The van der Waals surface area contributed by atoms with E-state index in [9.17, 15) is 14.4 Å². The lowest BCUT2D eigenvalue weighted by Gasteiger charge is -2.18. The number of ether oxygens (including phenoxy) is 3. The fraction of sp³-hybridized carbons (Fsp3) is 0.933. The summed E-state index contributed by atoms with van der Waals surface area (Å²) in [5.41, 5.74) is 0. The molecule has 0 N–H and O–H groups in total. The Morgan fingerprint density at radius 1 is 0.314 bits per heavy atom. The molecule has 0 spiro atoms. The zero-order valence-corrected chi connectivity index (χ0v) is 34.4. The summed E-state index contributed by atoms with van der Waals surface area (Å²) < 4.78 is 16.6. The first kappa shape index (κ1) is 49.4. The van der Waals surface area contributed by atoms with Crippen molar-refractivity contribution in [2.45, 2.75) is 258 Å². The zero-order valence-electron chi connectivity index (χ0n) is 34.4. The summed E-state index contributed by atoms with van der Waals surface area (Å²) in [6.07, 6.45) is 41.0. The van der Waals surface area contributed by atoms with Crippen LogP contribution in [0.5, 0.6) is 0 Å². The Labute approximate surface area is 317 Å². The number of hydrogen-bond acceptors (Lipinski definition) is 6. The van der Waals surface area contributed by atoms with Gasteiger partial charge in [0.15, 0.2) is 6.10 Å².